The molecular formula is C10H14N2O2. The highest BCUT2D eigenvalue weighted by molar-refractivity contribution is 5.71. The molecule has 1 aliphatic carbocycles. The lowest BCUT2D eigenvalue weighted by Gasteiger charge is -2.16. The highest BCUT2D eigenvalue weighted by Crippen LogP contribution is 2.22. The van der Waals surface area contributed by atoms with E-state index in [1.165, 1.54) is 6.42 Å². The number of hydrogen-bond acceptors (Lipinski definition) is 2. The van der Waals surface area contributed by atoms with Gasteiger partial charge in [0.2, 0.25) is 0 Å². The van der Waals surface area contributed by atoms with Gasteiger partial charge in [-0.05, 0) is 32.6 Å². The van der Waals surface area contributed by atoms with Gasteiger partial charge in [-0.2, -0.15) is 0 Å². The molecule has 2 rings (SSSR count). The van der Waals surface area contributed by atoms with Crippen molar-refractivity contribution in [1.82, 2.24) is 9.55 Å². The van der Waals surface area contributed by atoms with E-state index in [1.54, 1.807) is 17.8 Å². The van der Waals surface area contributed by atoms with Gasteiger partial charge in [0.15, 0.2) is 0 Å². The third kappa shape index (κ3) is 1.41. The normalized spacial score (nSPS) is 17.5. The van der Waals surface area contributed by atoms with E-state index in [2.05, 4.69) is 4.98 Å². The van der Waals surface area contributed by atoms with E-state index in [9.17, 15) is 4.79 Å². The van der Waals surface area contributed by atoms with Crippen LogP contribution in [0.2, 0.25) is 0 Å². The maximum absolute atomic E-state index is 10.8. The molecule has 0 amide bonds. The fraction of sp³-hybridized carbons (Fsp3) is 0.600. The highest BCUT2D eigenvalue weighted by Gasteiger charge is 2.21. The van der Waals surface area contributed by atoms with Crippen LogP contribution in [0.15, 0.2) is 6.33 Å². The van der Waals surface area contributed by atoms with Crippen LogP contribution in [-0.2, 0) is 17.6 Å². The number of carboxylic acid groups (broad SMARTS) is 1. The van der Waals surface area contributed by atoms with Gasteiger partial charge in [-0.25, -0.2) is 9.78 Å². The molecule has 1 heterocycles. The molecule has 0 aromatic carbocycles. The number of imidazole rings is 1. The molecule has 1 aliphatic rings. The quantitative estimate of drug-likeness (QED) is 0.774. The summed E-state index contributed by atoms with van der Waals surface area (Å²) in [6.07, 6.45) is 5.94. The molecule has 14 heavy (non-hydrogen) atoms. The van der Waals surface area contributed by atoms with E-state index < -0.39 is 12.0 Å². The van der Waals surface area contributed by atoms with Gasteiger partial charge in [0.1, 0.15) is 6.04 Å². The summed E-state index contributed by atoms with van der Waals surface area (Å²) in [5.74, 6) is -0.796. The molecule has 1 unspecified atom stereocenters. The summed E-state index contributed by atoms with van der Waals surface area (Å²) >= 11 is 0. The molecule has 0 aliphatic heterocycles. The first-order valence-electron chi connectivity index (χ1n) is 4.97. The number of nitrogens with zero attached hydrogens (tertiary/aromatic N) is 2. The van der Waals surface area contributed by atoms with Gasteiger partial charge in [-0.3, -0.25) is 0 Å². The zero-order valence-electron chi connectivity index (χ0n) is 8.23. The first-order chi connectivity index (χ1) is 6.70. The lowest BCUT2D eigenvalue weighted by Crippen LogP contribution is -2.18. The topological polar surface area (TPSA) is 55.1 Å². The van der Waals surface area contributed by atoms with Crippen molar-refractivity contribution in [2.75, 3.05) is 0 Å². The van der Waals surface area contributed by atoms with Crippen LogP contribution in [0.4, 0.5) is 0 Å². The van der Waals surface area contributed by atoms with Gasteiger partial charge in [-0.15, -0.1) is 0 Å². The summed E-state index contributed by atoms with van der Waals surface area (Å²) in [6, 6.07) is -0.496. The van der Waals surface area contributed by atoms with E-state index in [-0.39, 0.29) is 0 Å². The smallest absolute Gasteiger partial charge is 0.326 e. The Bertz CT molecular complexity index is 357. The molecule has 0 saturated heterocycles. The minimum absolute atomic E-state index is 0.496. The SMILES string of the molecule is CC(C(=O)O)n1cnc2c1CCCC2. The zero-order chi connectivity index (χ0) is 10.1. The Morgan fingerprint density at radius 2 is 2.29 bits per heavy atom. The minimum Gasteiger partial charge on any atom is -0.480 e. The van der Waals surface area contributed by atoms with Crippen molar-refractivity contribution in [3.8, 4) is 0 Å². The third-order valence-electron chi connectivity index (χ3n) is 2.83. The first-order valence-corrected chi connectivity index (χ1v) is 4.97. The van der Waals surface area contributed by atoms with Crippen molar-refractivity contribution in [3.63, 3.8) is 0 Å². The average molecular weight is 194 g/mol. The molecule has 0 bridgehead atoms. The second-order valence-corrected chi connectivity index (χ2v) is 3.77. The fourth-order valence-electron chi connectivity index (χ4n) is 1.94. The number of carbonyl (C=O) groups is 1. The summed E-state index contributed by atoms with van der Waals surface area (Å²) in [5.41, 5.74) is 2.20. The molecule has 1 aromatic heterocycles. The van der Waals surface area contributed by atoms with Crippen LogP contribution in [0, 0.1) is 0 Å². The molecule has 0 radical (unpaired) electrons. The Hall–Kier alpha value is -1.32. The lowest BCUT2D eigenvalue weighted by atomic mass is 10.0. The molecular weight excluding hydrogens is 180 g/mol. The predicted octanol–water partition coefficient (Wildman–Crippen LogP) is 1.41. The molecule has 0 saturated carbocycles. The third-order valence-corrected chi connectivity index (χ3v) is 2.83. The van der Waals surface area contributed by atoms with Crippen molar-refractivity contribution in [1.29, 1.82) is 0 Å². The predicted molar refractivity (Wildman–Crippen MR) is 51.2 cm³/mol. The van der Waals surface area contributed by atoms with E-state index in [4.69, 9.17) is 5.11 Å². The summed E-state index contributed by atoms with van der Waals surface area (Å²) in [6.45, 7) is 1.69. The van der Waals surface area contributed by atoms with Crippen molar-refractivity contribution in [2.45, 2.75) is 38.6 Å². The van der Waals surface area contributed by atoms with Crippen LogP contribution >= 0.6 is 0 Å². The maximum Gasteiger partial charge on any atom is 0.326 e. The monoisotopic (exact) mass is 194 g/mol. The van der Waals surface area contributed by atoms with Crippen molar-refractivity contribution in [2.24, 2.45) is 0 Å². The molecule has 4 nitrogen and oxygen atoms in total. The molecule has 1 N–H and O–H groups in total. The lowest BCUT2D eigenvalue weighted by molar-refractivity contribution is -0.140. The summed E-state index contributed by atoms with van der Waals surface area (Å²) in [7, 11) is 0. The Morgan fingerprint density at radius 1 is 1.57 bits per heavy atom. The van der Waals surface area contributed by atoms with Gasteiger partial charge in [-0.1, -0.05) is 0 Å². The number of rotatable bonds is 2. The average Bonchev–Trinajstić information content (AvgIpc) is 2.60. The molecule has 0 spiro atoms. The summed E-state index contributed by atoms with van der Waals surface area (Å²) in [4.78, 5) is 15.1. The summed E-state index contributed by atoms with van der Waals surface area (Å²) < 4.78 is 1.79. The largest absolute Gasteiger partial charge is 0.480 e. The van der Waals surface area contributed by atoms with Crippen LogP contribution in [0.5, 0.6) is 0 Å². The van der Waals surface area contributed by atoms with E-state index in [0.29, 0.717) is 0 Å². The fourth-order valence-corrected chi connectivity index (χ4v) is 1.94. The van der Waals surface area contributed by atoms with Crippen molar-refractivity contribution < 1.29 is 9.90 Å². The Kier molecular flexibility index (Phi) is 2.27. The van der Waals surface area contributed by atoms with Gasteiger partial charge in [0, 0.05) is 5.69 Å². The Balaban J connectivity index is 2.34. The van der Waals surface area contributed by atoms with Crippen molar-refractivity contribution >= 4 is 5.97 Å². The summed E-state index contributed by atoms with van der Waals surface area (Å²) in [5, 5.41) is 8.91. The number of hydrogen-bond donors (Lipinski definition) is 1. The van der Waals surface area contributed by atoms with Crippen LogP contribution < -0.4 is 0 Å². The van der Waals surface area contributed by atoms with Gasteiger partial charge in [0.25, 0.3) is 0 Å². The molecule has 76 valence electrons. The number of aliphatic carboxylic acids is 1. The van der Waals surface area contributed by atoms with E-state index in [1.807, 2.05) is 0 Å². The second-order valence-electron chi connectivity index (χ2n) is 3.77. The standard InChI is InChI=1S/C10H14N2O2/c1-7(10(13)14)12-6-11-8-4-2-3-5-9(8)12/h6-7H,2-5H2,1H3,(H,13,14). The molecule has 1 aromatic rings. The van der Waals surface area contributed by atoms with Crippen LogP contribution in [0.25, 0.3) is 0 Å². The van der Waals surface area contributed by atoms with Crippen molar-refractivity contribution in [3.05, 3.63) is 17.7 Å². The van der Waals surface area contributed by atoms with Gasteiger partial charge < -0.3 is 9.67 Å². The van der Waals surface area contributed by atoms with E-state index in [0.717, 1.165) is 30.7 Å². The first kappa shape index (κ1) is 9.24. The molecule has 4 heteroatoms. The minimum atomic E-state index is -0.796. The maximum atomic E-state index is 10.8. The molecule has 0 fully saturated rings. The Morgan fingerprint density at radius 3 is 3.00 bits per heavy atom. The highest BCUT2D eigenvalue weighted by atomic mass is 16.4. The number of aromatic nitrogens is 2. The zero-order valence-corrected chi connectivity index (χ0v) is 8.23. The van der Waals surface area contributed by atoms with Gasteiger partial charge >= 0.3 is 5.97 Å². The second kappa shape index (κ2) is 3.44. The van der Waals surface area contributed by atoms with Gasteiger partial charge in [0.05, 0.1) is 12.0 Å². The van der Waals surface area contributed by atoms with Crippen LogP contribution in [0.3, 0.4) is 0 Å². The van der Waals surface area contributed by atoms with E-state index >= 15 is 0 Å². The van der Waals surface area contributed by atoms with Crippen LogP contribution in [-0.4, -0.2) is 20.6 Å². The number of fused-ring (bicyclic) bond motifs is 1. The number of aryl methyl sites for hydroxylation is 1. The Labute approximate surface area is 82.6 Å². The number of carboxylic acids is 1. The molecule has 1 atom stereocenters. The van der Waals surface area contributed by atoms with Crippen LogP contribution in [0.1, 0.15) is 37.2 Å².